The molecule has 0 unspecified atom stereocenters. The van der Waals surface area contributed by atoms with Crippen molar-refractivity contribution in [1.29, 1.82) is 0 Å². The van der Waals surface area contributed by atoms with Crippen LogP contribution in [0.3, 0.4) is 0 Å². The molecule has 3 aromatic rings. The van der Waals surface area contributed by atoms with Crippen LogP contribution < -0.4 is 5.32 Å². The molecule has 0 saturated carbocycles. The summed E-state index contributed by atoms with van der Waals surface area (Å²) in [4.78, 5) is 14.3. The number of methoxy groups -OCH3 is 1. The SMILES string of the molecule is COCCN(C)CC(=O)N[C@H](C)c1cnn(-c2cccc3ccccc23)c1C. The maximum Gasteiger partial charge on any atom is 0.234 e. The number of benzene rings is 2. The summed E-state index contributed by atoms with van der Waals surface area (Å²) in [6.45, 7) is 5.69. The van der Waals surface area contributed by atoms with Gasteiger partial charge in [-0.05, 0) is 32.3 Å². The van der Waals surface area contributed by atoms with E-state index in [1.54, 1.807) is 7.11 Å². The van der Waals surface area contributed by atoms with Gasteiger partial charge < -0.3 is 10.1 Å². The molecule has 0 aliphatic heterocycles. The van der Waals surface area contributed by atoms with E-state index in [0.29, 0.717) is 13.2 Å². The molecular weight excluding hydrogens is 352 g/mol. The van der Waals surface area contributed by atoms with E-state index in [9.17, 15) is 4.79 Å². The fourth-order valence-electron chi connectivity index (χ4n) is 3.42. The number of rotatable bonds is 8. The summed E-state index contributed by atoms with van der Waals surface area (Å²) in [6, 6.07) is 14.4. The third-order valence-corrected chi connectivity index (χ3v) is 4.98. The summed E-state index contributed by atoms with van der Waals surface area (Å²) >= 11 is 0. The molecule has 0 aliphatic rings. The van der Waals surface area contributed by atoms with Crippen LogP contribution in [0.15, 0.2) is 48.7 Å². The molecule has 6 nitrogen and oxygen atoms in total. The van der Waals surface area contributed by atoms with Crippen molar-refractivity contribution in [2.75, 3.05) is 33.9 Å². The van der Waals surface area contributed by atoms with Gasteiger partial charge in [0, 0.05) is 30.3 Å². The minimum atomic E-state index is -0.118. The number of carbonyl (C=O) groups excluding carboxylic acids is 1. The summed E-state index contributed by atoms with van der Waals surface area (Å²) in [5, 5.41) is 10.0. The Morgan fingerprint density at radius 3 is 2.79 bits per heavy atom. The van der Waals surface area contributed by atoms with E-state index < -0.39 is 0 Å². The number of hydrogen-bond donors (Lipinski definition) is 1. The van der Waals surface area contributed by atoms with Crippen LogP contribution >= 0.6 is 0 Å². The van der Waals surface area contributed by atoms with Gasteiger partial charge in [-0.15, -0.1) is 0 Å². The lowest BCUT2D eigenvalue weighted by molar-refractivity contribution is -0.122. The molecule has 1 atom stereocenters. The Labute approximate surface area is 166 Å². The molecule has 6 heteroatoms. The van der Waals surface area contributed by atoms with Crippen molar-refractivity contribution in [2.45, 2.75) is 19.9 Å². The molecule has 2 aromatic carbocycles. The third-order valence-electron chi connectivity index (χ3n) is 4.98. The maximum absolute atomic E-state index is 12.3. The Balaban J connectivity index is 1.76. The Kier molecular flexibility index (Phi) is 6.44. The van der Waals surface area contributed by atoms with Gasteiger partial charge in [0.05, 0.1) is 31.1 Å². The average Bonchev–Trinajstić information content (AvgIpc) is 3.07. The second-order valence-corrected chi connectivity index (χ2v) is 7.12. The molecule has 0 bridgehead atoms. The second-order valence-electron chi connectivity index (χ2n) is 7.12. The predicted octanol–water partition coefficient (Wildman–Crippen LogP) is 3.09. The Hall–Kier alpha value is -2.70. The first-order chi connectivity index (χ1) is 13.5. The monoisotopic (exact) mass is 380 g/mol. The molecule has 28 heavy (non-hydrogen) atoms. The van der Waals surface area contributed by atoms with E-state index >= 15 is 0 Å². The van der Waals surface area contributed by atoms with Gasteiger partial charge in [0.15, 0.2) is 0 Å². The zero-order valence-electron chi connectivity index (χ0n) is 17.0. The number of carbonyl (C=O) groups is 1. The topological polar surface area (TPSA) is 59.4 Å². The fraction of sp³-hybridized carbons (Fsp3) is 0.364. The maximum atomic E-state index is 12.3. The van der Waals surface area contributed by atoms with Crippen LogP contribution in [0.1, 0.15) is 24.2 Å². The summed E-state index contributed by atoms with van der Waals surface area (Å²) in [7, 11) is 3.57. The van der Waals surface area contributed by atoms with Gasteiger partial charge in [0.25, 0.3) is 0 Å². The first-order valence-corrected chi connectivity index (χ1v) is 9.50. The van der Waals surface area contributed by atoms with E-state index in [1.807, 2.05) is 54.9 Å². The fourth-order valence-corrected chi connectivity index (χ4v) is 3.42. The van der Waals surface area contributed by atoms with E-state index in [2.05, 4.69) is 34.7 Å². The summed E-state index contributed by atoms with van der Waals surface area (Å²) in [5.41, 5.74) is 3.08. The quantitative estimate of drug-likeness (QED) is 0.652. The van der Waals surface area contributed by atoms with E-state index in [-0.39, 0.29) is 11.9 Å². The zero-order valence-corrected chi connectivity index (χ0v) is 17.0. The minimum Gasteiger partial charge on any atom is -0.383 e. The molecule has 0 spiro atoms. The van der Waals surface area contributed by atoms with E-state index in [1.165, 1.54) is 5.39 Å². The van der Waals surface area contributed by atoms with Crippen LogP contribution in [0.4, 0.5) is 0 Å². The lowest BCUT2D eigenvalue weighted by Gasteiger charge is -2.19. The van der Waals surface area contributed by atoms with Gasteiger partial charge in [-0.1, -0.05) is 36.4 Å². The molecule has 1 amide bonds. The first kappa shape index (κ1) is 20.0. The molecule has 0 saturated heterocycles. The van der Waals surface area contributed by atoms with Crippen molar-refractivity contribution >= 4 is 16.7 Å². The van der Waals surface area contributed by atoms with Gasteiger partial charge in [-0.2, -0.15) is 5.10 Å². The molecule has 3 rings (SSSR count). The predicted molar refractivity (Wildman–Crippen MR) is 112 cm³/mol. The highest BCUT2D eigenvalue weighted by atomic mass is 16.5. The number of aromatic nitrogens is 2. The summed E-state index contributed by atoms with van der Waals surface area (Å²) in [5.74, 6) is -0.0107. The van der Waals surface area contributed by atoms with Crippen molar-refractivity contribution in [3.8, 4) is 5.69 Å². The van der Waals surface area contributed by atoms with Crippen LogP contribution in [-0.4, -0.2) is 54.4 Å². The largest absolute Gasteiger partial charge is 0.383 e. The van der Waals surface area contributed by atoms with Crippen LogP contribution in [0.5, 0.6) is 0 Å². The highest BCUT2D eigenvalue weighted by Crippen LogP contribution is 2.25. The minimum absolute atomic E-state index is 0.0107. The van der Waals surface area contributed by atoms with Crippen LogP contribution in [0, 0.1) is 6.92 Å². The number of amides is 1. The van der Waals surface area contributed by atoms with Gasteiger partial charge >= 0.3 is 0 Å². The molecule has 1 aromatic heterocycles. The second kappa shape index (κ2) is 8.99. The zero-order chi connectivity index (χ0) is 20.1. The van der Waals surface area contributed by atoms with Crippen molar-refractivity contribution in [3.05, 3.63) is 59.9 Å². The number of fused-ring (bicyclic) bond motifs is 1. The third kappa shape index (κ3) is 4.40. The molecule has 0 radical (unpaired) electrons. The first-order valence-electron chi connectivity index (χ1n) is 9.50. The lowest BCUT2D eigenvalue weighted by Crippen LogP contribution is -2.37. The van der Waals surface area contributed by atoms with Crippen molar-refractivity contribution in [2.24, 2.45) is 0 Å². The van der Waals surface area contributed by atoms with Gasteiger partial charge in [-0.25, -0.2) is 4.68 Å². The number of likely N-dealkylation sites (N-methyl/N-ethyl adjacent to an activating group) is 1. The number of nitrogens with one attached hydrogen (secondary N) is 1. The smallest absolute Gasteiger partial charge is 0.234 e. The standard InChI is InChI=1S/C22H28N4O2/c1-16(24-22(27)15-25(3)12-13-28-4)20-14-23-26(17(20)2)21-11-7-9-18-8-5-6-10-19(18)21/h5-11,14,16H,12-13,15H2,1-4H3,(H,24,27)/t16-/m1/s1. The number of hydrogen-bond acceptors (Lipinski definition) is 4. The van der Waals surface area contributed by atoms with Crippen LogP contribution in [-0.2, 0) is 9.53 Å². The summed E-state index contributed by atoms with van der Waals surface area (Å²) < 4.78 is 7.00. The Morgan fingerprint density at radius 2 is 2.00 bits per heavy atom. The van der Waals surface area contributed by atoms with Gasteiger partial charge in [0.2, 0.25) is 5.91 Å². The molecule has 0 aliphatic carbocycles. The molecule has 148 valence electrons. The Morgan fingerprint density at radius 1 is 1.25 bits per heavy atom. The van der Waals surface area contributed by atoms with Crippen molar-refractivity contribution in [1.82, 2.24) is 20.0 Å². The van der Waals surface area contributed by atoms with Gasteiger partial charge in [0.1, 0.15) is 0 Å². The molecule has 1 N–H and O–H groups in total. The molecular formula is C22H28N4O2. The molecule has 0 fully saturated rings. The van der Waals surface area contributed by atoms with Crippen LogP contribution in [0.25, 0.3) is 16.5 Å². The number of ether oxygens (including phenoxy) is 1. The Bertz CT molecular complexity index is 945. The van der Waals surface area contributed by atoms with Crippen molar-refractivity contribution < 1.29 is 9.53 Å². The van der Waals surface area contributed by atoms with E-state index in [4.69, 9.17) is 4.74 Å². The normalized spacial score (nSPS) is 12.5. The van der Waals surface area contributed by atoms with Gasteiger partial charge in [-0.3, -0.25) is 9.69 Å². The lowest BCUT2D eigenvalue weighted by atomic mass is 10.1. The van der Waals surface area contributed by atoms with Crippen LogP contribution in [0.2, 0.25) is 0 Å². The average molecular weight is 380 g/mol. The van der Waals surface area contributed by atoms with Crippen molar-refractivity contribution in [3.63, 3.8) is 0 Å². The van der Waals surface area contributed by atoms with E-state index in [0.717, 1.165) is 28.9 Å². The molecule has 1 heterocycles. The summed E-state index contributed by atoms with van der Waals surface area (Å²) in [6.07, 6.45) is 1.84. The highest BCUT2D eigenvalue weighted by Gasteiger charge is 2.18. The number of nitrogens with zero attached hydrogens (tertiary/aromatic N) is 3. The highest BCUT2D eigenvalue weighted by molar-refractivity contribution is 5.90.